The van der Waals surface area contributed by atoms with Crippen molar-refractivity contribution in [3.05, 3.63) is 82.9 Å². The van der Waals surface area contributed by atoms with Crippen LogP contribution in [0.1, 0.15) is 29.2 Å². The first kappa shape index (κ1) is 26.9. The van der Waals surface area contributed by atoms with Crippen LogP contribution in [0.25, 0.3) is 0 Å². The van der Waals surface area contributed by atoms with E-state index in [1.807, 2.05) is 58.0 Å². The highest BCUT2D eigenvalue weighted by Gasteiger charge is 2.14. The monoisotopic (exact) mass is 502 g/mol. The molecule has 0 aromatic heterocycles. The molecule has 3 aromatic rings. The highest BCUT2D eigenvalue weighted by atomic mass is 16.5. The van der Waals surface area contributed by atoms with Crippen molar-refractivity contribution < 1.29 is 23.9 Å². The molecule has 0 aliphatic carbocycles. The van der Waals surface area contributed by atoms with E-state index in [-0.39, 0.29) is 12.5 Å². The number of nitrogens with one attached hydrogen (secondary N) is 3. The van der Waals surface area contributed by atoms with Crippen LogP contribution >= 0.6 is 0 Å². The first-order valence-corrected chi connectivity index (χ1v) is 11.7. The number of hydrogen-bond donors (Lipinski definition) is 3. The number of para-hydroxylation sites is 1. The number of anilines is 2. The van der Waals surface area contributed by atoms with Crippen molar-refractivity contribution in [1.82, 2.24) is 5.43 Å². The molecule has 0 heterocycles. The summed E-state index contributed by atoms with van der Waals surface area (Å²) in [5.41, 5.74) is 7.10. The lowest BCUT2D eigenvalue weighted by Gasteiger charge is -2.13. The minimum atomic E-state index is -0.903. The Labute approximate surface area is 215 Å². The van der Waals surface area contributed by atoms with Gasteiger partial charge in [0, 0.05) is 11.4 Å². The van der Waals surface area contributed by atoms with E-state index in [0.717, 1.165) is 16.7 Å². The van der Waals surface area contributed by atoms with Gasteiger partial charge in [-0.1, -0.05) is 24.3 Å². The van der Waals surface area contributed by atoms with E-state index in [2.05, 4.69) is 21.2 Å². The van der Waals surface area contributed by atoms with Crippen LogP contribution in [-0.2, 0) is 14.4 Å². The summed E-state index contributed by atoms with van der Waals surface area (Å²) in [5, 5.41) is 9.20. The number of carbonyl (C=O) groups is 3. The number of hydrazone groups is 1. The van der Waals surface area contributed by atoms with Crippen LogP contribution in [-0.4, -0.2) is 37.1 Å². The maximum absolute atomic E-state index is 12.3. The minimum Gasteiger partial charge on any atom is -0.490 e. The molecule has 192 valence electrons. The van der Waals surface area contributed by atoms with Crippen LogP contribution in [0.4, 0.5) is 11.4 Å². The van der Waals surface area contributed by atoms with Crippen molar-refractivity contribution in [3.8, 4) is 11.5 Å². The summed E-state index contributed by atoms with van der Waals surface area (Å²) in [4.78, 5) is 36.5. The minimum absolute atomic E-state index is 0.202. The molecule has 0 saturated carbocycles. The number of benzene rings is 3. The van der Waals surface area contributed by atoms with E-state index in [9.17, 15) is 14.4 Å². The van der Waals surface area contributed by atoms with Crippen molar-refractivity contribution in [2.24, 2.45) is 5.10 Å². The average Bonchev–Trinajstić information content (AvgIpc) is 2.87. The second-order valence-corrected chi connectivity index (χ2v) is 8.24. The molecule has 0 radical (unpaired) electrons. The maximum atomic E-state index is 12.3. The van der Waals surface area contributed by atoms with E-state index in [1.54, 1.807) is 30.3 Å². The van der Waals surface area contributed by atoms with Gasteiger partial charge in [0.25, 0.3) is 5.91 Å². The van der Waals surface area contributed by atoms with E-state index in [1.165, 1.54) is 6.21 Å². The number of nitrogens with zero attached hydrogens (tertiary/aromatic N) is 1. The SMILES string of the molecule is CCOc1cc(/C=N\NC(=O)C(=O)Nc2ccccc2C)ccc1OCC(=O)Nc1ccc(C)c(C)c1. The molecule has 9 heteroatoms. The number of carbonyl (C=O) groups excluding carboxylic acids is 3. The molecule has 37 heavy (non-hydrogen) atoms. The summed E-state index contributed by atoms with van der Waals surface area (Å²) >= 11 is 0. The lowest BCUT2D eigenvalue weighted by atomic mass is 10.1. The fourth-order valence-corrected chi connectivity index (χ4v) is 3.26. The summed E-state index contributed by atoms with van der Waals surface area (Å²) < 4.78 is 11.3. The number of amides is 3. The van der Waals surface area contributed by atoms with Crippen LogP contribution in [0.2, 0.25) is 0 Å². The summed E-state index contributed by atoms with van der Waals surface area (Å²) in [7, 11) is 0. The lowest BCUT2D eigenvalue weighted by molar-refractivity contribution is -0.136. The van der Waals surface area contributed by atoms with Crippen molar-refractivity contribution in [2.75, 3.05) is 23.8 Å². The molecule has 0 atom stereocenters. The van der Waals surface area contributed by atoms with Crippen molar-refractivity contribution in [1.29, 1.82) is 0 Å². The fourth-order valence-electron chi connectivity index (χ4n) is 3.26. The van der Waals surface area contributed by atoms with Crippen molar-refractivity contribution in [2.45, 2.75) is 27.7 Å². The summed E-state index contributed by atoms with van der Waals surface area (Å²) in [5.74, 6) is -1.24. The van der Waals surface area contributed by atoms with Gasteiger partial charge in [0.2, 0.25) is 0 Å². The maximum Gasteiger partial charge on any atom is 0.329 e. The second-order valence-electron chi connectivity index (χ2n) is 8.24. The number of hydrogen-bond acceptors (Lipinski definition) is 6. The van der Waals surface area contributed by atoms with Gasteiger partial charge >= 0.3 is 11.8 Å². The van der Waals surface area contributed by atoms with Gasteiger partial charge in [-0.25, -0.2) is 5.43 Å². The van der Waals surface area contributed by atoms with E-state index < -0.39 is 11.8 Å². The molecule has 0 aliphatic heterocycles. The molecular weight excluding hydrogens is 472 g/mol. The molecule has 3 aromatic carbocycles. The quantitative estimate of drug-likeness (QED) is 0.231. The predicted molar refractivity (Wildman–Crippen MR) is 143 cm³/mol. The van der Waals surface area contributed by atoms with Crippen LogP contribution in [0, 0.1) is 20.8 Å². The highest BCUT2D eigenvalue weighted by molar-refractivity contribution is 6.39. The van der Waals surface area contributed by atoms with Gasteiger partial charge in [-0.3, -0.25) is 14.4 Å². The molecule has 0 fully saturated rings. The Bertz CT molecular complexity index is 1320. The fraction of sp³-hybridized carbons (Fsp3) is 0.214. The zero-order valence-corrected chi connectivity index (χ0v) is 21.3. The first-order valence-electron chi connectivity index (χ1n) is 11.7. The van der Waals surface area contributed by atoms with Crippen LogP contribution < -0.4 is 25.5 Å². The third-order valence-corrected chi connectivity index (χ3v) is 5.40. The Hall–Kier alpha value is -4.66. The lowest BCUT2D eigenvalue weighted by Crippen LogP contribution is -2.32. The highest BCUT2D eigenvalue weighted by Crippen LogP contribution is 2.28. The van der Waals surface area contributed by atoms with Crippen LogP contribution in [0.3, 0.4) is 0 Å². The molecular formula is C28H30N4O5. The molecule has 0 bridgehead atoms. The second kappa shape index (κ2) is 12.9. The van der Waals surface area contributed by atoms with Gasteiger partial charge in [0.15, 0.2) is 18.1 Å². The molecule has 0 aliphatic rings. The molecule has 0 unspecified atom stereocenters. The third-order valence-electron chi connectivity index (χ3n) is 5.40. The van der Waals surface area contributed by atoms with E-state index >= 15 is 0 Å². The zero-order chi connectivity index (χ0) is 26.8. The van der Waals surface area contributed by atoms with Gasteiger partial charge < -0.3 is 20.1 Å². The Morgan fingerprint density at radius 3 is 2.32 bits per heavy atom. The number of ether oxygens (including phenoxy) is 2. The summed E-state index contributed by atoms with van der Waals surface area (Å²) in [6.45, 7) is 7.81. The zero-order valence-electron chi connectivity index (χ0n) is 21.3. The summed E-state index contributed by atoms with van der Waals surface area (Å²) in [6.07, 6.45) is 1.37. The molecule has 3 amide bonds. The number of aryl methyl sites for hydroxylation is 3. The van der Waals surface area contributed by atoms with Gasteiger partial charge in [-0.2, -0.15) is 5.10 Å². The van der Waals surface area contributed by atoms with E-state index in [0.29, 0.717) is 35.0 Å². The van der Waals surface area contributed by atoms with Gasteiger partial charge in [-0.05, 0) is 86.3 Å². The van der Waals surface area contributed by atoms with Gasteiger partial charge in [0.05, 0.1) is 12.8 Å². The Morgan fingerprint density at radius 2 is 1.59 bits per heavy atom. The molecule has 0 spiro atoms. The Balaban J connectivity index is 1.56. The largest absolute Gasteiger partial charge is 0.490 e. The Kier molecular flexibility index (Phi) is 9.37. The smallest absolute Gasteiger partial charge is 0.329 e. The van der Waals surface area contributed by atoms with Crippen LogP contribution in [0.15, 0.2) is 65.8 Å². The standard InChI is InChI=1S/C28H30N4O5/c1-5-36-25-15-21(16-29-32-28(35)27(34)31-23-9-7-6-8-19(23)3)11-13-24(25)37-17-26(33)30-22-12-10-18(2)20(4)14-22/h6-16H,5,17H2,1-4H3,(H,30,33)(H,31,34)(H,32,35)/b29-16-. The van der Waals surface area contributed by atoms with Crippen LogP contribution in [0.5, 0.6) is 11.5 Å². The first-order chi connectivity index (χ1) is 17.8. The Morgan fingerprint density at radius 1 is 0.811 bits per heavy atom. The topological polar surface area (TPSA) is 118 Å². The van der Waals surface area contributed by atoms with Crippen molar-refractivity contribution >= 4 is 35.3 Å². The van der Waals surface area contributed by atoms with Gasteiger partial charge in [-0.15, -0.1) is 0 Å². The normalized spacial score (nSPS) is 10.6. The molecule has 3 N–H and O–H groups in total. The third kappa shape index (κ3) is 7.93. The molecule has 3 rings (SSSR count). The van der Waals surface area contributed by atoms with Crippen molar-refractivity contribution in [3.63, 3.8) is 0 Å². The average molecular weight is 503 g/mol. The van der Waals surface area contributed by atoms with Gasteiger partial charge in [0.1, 0.15) is 0 Å². The predicted octanol–water partition coefficient (Wildman–Crippen LogP) is 4.12. The summed E-state index contributed by atoms with van der Waals surface area (Å²) in [6, 6.07) is 17.8. The van der Waals surface area contributed by atoms with E-state index in [4.69, 9.17) is 9.47 Å². The number of rotatable bonds is 9. The molecule has 0 saturated heterocycles. The molecule has 9 nitrogen and oxygen atoms in total.